The van der Waals surface area contributed by atoms with Crippen molar-refractivity contribution in [3.05, 3.63) is 71.1 Å². The fourth-order valence-corrected chi connectivity index (χ4v) is 1.93. The minimum absolute atomic E-state index is 0.361. The maximum atomic E-state index is 12.1. The van der Waals surface area contributed by atoms with Gasteiger partial charge in [-0.2, -0.15) is 0 Å². The average molecular weight is 311 g/mol. The molecule has 0 aliphatic carbocycles. The summed E-state index contributed by atoms with van der Waals surface area (Å²) in [6.45, 7) is 10.1. The van der Waals surface area contributed by atoms with Gasteiger partial charge in [0.25, 0.3) is 0 Å². The molecule has 1 aromatic carbocycles. The number of hydrogen-bond acceptors (Lipinski definition) is 3. The Hall–Kier alpha value is -2.42. The highest BCUT2D eigenvalue weighted by Gasteiger charge is 2.11. The van der Waals surface area contributed by atoms with E-state index in [0.29, 0.717) is 11.3 Å². The van der Waals surface area contributed by atoms with Crippen LogP contribution in [0.25, 0.3) is 0 Å². The lowest BCUT2D eigenvalue weighted by Crippen LogP contribution is -2.10. The molecule has 0 fully saturated rings. The number of aryl methyl sites for hydroxylation is 1. The van der Waals surface area contributed by atoms with Crippen LogP contribution < -0.4 is 4.74 Å². The number of carbonyl (C=O) groups is 1. The van der Waals surface area contributed by atoms with Gasteiger partial charge in [0.05, 0.1) is 5.56 Å². The fourth-order valence-electron chi connectivity index (χ4n) is 1.93. The Morgan fingerprint density at radius 3 is 2.39 bits per heavy atom. The lowest BCUT2D eigenvalue weighted by Gasteiger charge is -2.10. The molecule has 0 aliphatic rings. The normalized spacial score (nSPS) is 9.43. The van der Waals surface area contributed by atoms with E-state index in [-0.39, 0.29) is 5.97 Å². The molecule has 1 aromatic heterocycles. The van der Waals surface area contributed by atoms with Crippen LogP contribution in [0.15, 0.2) is 54.4 Å². The third-order valence-electron chi connectivity index (χ3n) is 3.06. The van der Waals surface area contributed by atoms with Gasteiger partial charge in [0.1, 0.15) is 5.75 Å². The molecule has 3 nitrogen and oxygen atoms in total. The van der Waals surface area contributed by atoms with Crippen LogP contribution in [0.4, 0.5) is 0 Å². The van der Waals surface area contributed by atoms with Crippen molar-refractivity contribution in [1.29, 1.82) is 0 Å². The molecule has 122 valence electrons. The summed E-state index contributed by atoms with van der Waals surface area (Å²) in [6, 6.07) is 9.14. The second-order valence-electron chi connectivity index (χ2n) is 5.22. The van der Waals surface area contributed by atoms with Crippen LogP contribution in [0, 0.1) is 6.92 Å². The van der Waals surface area contributed by atoms with Gasteiger partial charge in [-0.15, -0.1) is 0 Å². The Morgan fingerprint density at radius 1 is 1.13 bits per heavy atom. The molecule has 3 heteroatoms. The van der Waals surface area contributed by atoms with Crippen molar-refractivity contribution in [2.24, 2.45) is 0 Å². The summed E-state index contributed by atoms with van der Waals surface area (Å²) in [6.07, 6.45) is 6.03. The molecule has 0 radical (unpaired) electrons. The maximum Gasteiger partial charge on any atom is 0.343 e. The van der Waals surface area contributed by atoms with Crippen molar-refractivity contribution in [2.45, 2.75) is 41.0 Å². The van der Waals surface area contributed by atoms with E-state index in [9.17, 15) is 4.79 Å². The number of nitrogens with zero attached hydrogens (tertiary/aromatic N) is 1. The highest BCUT2D eigenvalue weighted by molar-refractivity contribution is 5.91. The van der Waals surface area contributed by atoms with E-state index >= 15 is 0 Å². The Morgan fingerprint density at radius 2 is 1.78 bits per heavy atom. The van der Waals surface area contributed by atoms with E-state index in [1.165, 1.54) is 5.57 Å². The molecule has 0 spiro atoms. The zero-order chi connectivity index (χ0) is 17.2. The molecule has 0 amide bonds. The van der Waals surface area contributed by atoms with Crippen LogP contribution >= 0.6 is 0 Å². The highest BCUT2D eigenvalue weighted by atomic mass is 16.5. The molecule has 23 heavy (non-hydrogen) atoms. The summed E-state index contributed by atoms with van der Waals surface area (Å²) in [5, 5.41) is 0. The van der Waals surface area contributed by atoms with E-state index in [1.54, 1.807) is 24.5 Å². The topological polar surface area (TPSA) is 39.2 Å². The lowest BCUT2D eigenvalue weighted by molar-refractivity contribution is 0.0733. The number of benzene rings is 1. The molecule has 0 saturated carbocycles. The Balaban J connectivity index is 0.00000127. The first-order chi connectivity index (χ1) is 11.1. The number of esters is 1. The third kappa shape index (κ3) is 6.07. The van der Waals surface area contributed by atoms with E-state index in [4.69, 9.17) is 4.74 Å². The zero-order valence-corrected chi connectivity index (χ0v) is 14.6. The van der Waals surface area contributed by atoms with Gasteiger partial charge in [0.2, 0.25) is 0 Å². The average Bonchev–Trinajstić information content (AvgIpc) is 2.57. The standard InChI is InChI=1S/C18H19NO2.C2H6/c1-13(2)4-6-16-12-14(3)5-7-17(16)21-18(20)15-8-10-19-11-9-15;1-2/h4-5,7-12H,6H2,1-3H3;1-2H3. The minimum atomic E-state index is -0.361. The van der Waals surface area contributed by atoms with Crippen LogP contribution in [0.3, 0.4) is 0 Å². The molecule has 2 rings (SSSR count). The number of rotatable bonds is 4. The zero-order valence-electron chi connectivity index (χ0n) is 14.6. The number of hydrogen-bond donors (Lipinski definition) is 0. The first-order valence-electron chi connectivity index (χ1n) is 7.91. The second-order valence-corrected chi connectivity index (χ2v) is 5.22. The van der Waals surface area contributed by atoms with Gasteiger partial charge in [-0.1, -0.05) is 43.2 Å². The Labute approximate surface area is 139 Å². The summed E-state index contributed by atoms with van der Waals surface area (Å²) in [4.78, 5) is 16.0. The molecule has 0 aliphatic heterocycles. The SMILES string of the molecule is CC.CC(C)=CCc1cc(C)ccc1OC(=O)c1ccncc1. The van der Waals surface area contributed by atoms with E-state index in [0.717, 1.165) is 17.5 Å². The van der Waals surface area contributed by atoms with Crippen molar-refractivity contribution in [3.63, 3.8) is 0 Å². The third-order valence-corrected chi connectivity index (χ3v) is 3.06. The van der Waals surface area contributed by atoms with Crippen LogP contribution in [0.5, 0.6) is 5.75 Å². The maximum absolute atomic E-state index is 12.1. The minimum Gasteiger partial charge on any atom is -0.423 e. The summed E-state index contributed by atoms with van der Waals surface area (Å²) in [5.74, 6) is 0.250. The molecule has 1 heterocycles. The van der Waals surface area contributed by atoms with Gasteiger partial charge in [0, 0.05) is 12.4 Å². The van der Waals surface area contributed by atoms with Gasteiger partial charge in [-0.3, -0.25) is 4.98 Å². The van der Waals surface area contributed by atoms with Crippen LogP contribution in [0.1, 0.15) is 49.2 Å². The van der Waals surface area contributed by atoms with Gasteiger partial charge in [-0.25, -0.2) is 4.79 Å². The quantitative estimate of drug-likeness (QED) is 0.445. The van der Waals surface area contributed by atoms with Gasteiger partial charge >= 0.3 is 5.97 Å². The van der Waals surface area contributed by atoms with Crippen molar-refractivity contribution in [2.75, 3.05) is 0 Å². The van der Waals surface area contributed by atoms with Crippen molar-refractivity contribution in [1.82, 2.24) is 4.98 Å². The van der Waals surface area contributed by atoms with Crippen LogP contribution in [-0.4, -0.2) is 11.0 Å². The molecular formula is C20H25NO2. The fraction of sp³-hybridized carbons (Fsp3) is 0.300. The predicted molar refractivity (Wildman–Crippen MR) is 94.9 cm³/mol. The Kier molecular flexibility index (Phi) is 7.75. The van der Waals surface area contributed by atoms with E-state index in [2.05, 4.69) is 31.0 Å². The molecule has 0 bridgehead atoms. The number of allylic oxidation sites excluding steroid dienone is 2. The summed E-state index contributed by atoms with van der Waals surface area (Å²) in [5.41, 5.74) is 3.90. The van der Waals surface area contributed by atoms with Gasteiger partial charge < -0.3 is 4.74 Å². The summed E-state index contributed by atoms with van der Waals surface area (Å²) >= 11 is 0. The van der Waals surface area contributed by atoms with Crippen LogP contribution in [0.2, 0.25) is 0 Å². The molecule has 0 unspecified atom stereocenters. The Bertz CT molecular complexity index is 657. The summed E-state index contributed by atoms with van der Waals surface area (Å²) < 4.78 is 5.52. The number of ether oxygens (including phenoxy) is 1. The second kappa shape index (κ2) is 9.57. The van der Waals surface area contributed by atoms with Gasteiger partial charge in [0.15, 0.2) is 0 Å². The molecule has 0 N–H and O–H groups in total. The lowest BCUT2D eigenvalue weighted by atomic mass is 10.1. The monoisotopic (exact) mass is 311 g/mol. The molecule has 0 saturated heterocycles. The predicted octanol–water partition coefficient (Wildman–Crippen LogP) is 5.14. The van der Waals surface area contributed by atoms with Crippen molar-refractivity contribution < 1.29 is 9.53 Å². The van der Waals surface area contributed by atoms with E-state index in [1.807, 2.05) is 32.9 Å². The number of pyridine rings is 1. The largest absolute Gasteiger partial charge is 0.423 e. The molecule has 0 atom stereocenters. The molecular weight excluding hydrogens is 286 g/mol. The van der Waals surface area contributed by atoms with Crippen molar-refractivity contribution >= 4 is 5.97 Å². The van der Waals surface area contributed by atoms with Gasteiger partial charge in [-0.05, 0) is 51.0 Å². The van der Waals surface area contributed by atoms with E-state index < -0.39 is 0 Å². The first-order valence-corrected chi connectivity index (χ1v) is 7.91. The molecule has 2 aromatic rings. The highest BCUT2D eigenvalue weighted by Crippen LogP contribution is 2.22. The smallest absolute Gasteiger partial charge is 0.343 e. The van der Waals surface area contributed by atoms with Crippen molar-refractivity contribution in [3.8, 4) is 5.75 Å². The van der Waals surface area contributed by atoms with Crippen LogP contribution in [-0.2, 0) is 6.42 Å². The number of carbonyl (C=O) groups excluding carboxylic acids is 1. The first kappa shape index (κ1) is 18.6. The number of aromatic nitrogens is 1. The summed E-state index contributed by atoms with van der Waals surface area (Å²) in [7, 11) is 0.